The quantitative estimate of drug-likeness (QED) is 0.311. The minimum Gasteiger partial charge on any atom is -0.393 e. The molecule has 0 aromatic heterocycles. The highest BCUT2D eigenvalue weighted by molar-refractivity contribution is 5.10. The van der Waals surface area contributed by atoms with Gasteiger partial charge in [-0.1, -0.05) is 39.7 Å². The highest BCUT2D eigenvalue weighted by Crippen LogP contribution is 2.68. The minimum absolute atomic E-state index is 0.355. The predicted molar refractivity (Wildman–Crippen MR) is 124 cm³/mol. The van der Waals surface area contributed by atoms with E-state index in [1.807, 2.05) is 0 Å². The molecule has 4 rings (SSSR count). The van der Waals surface area contributed by atoms with Crippen molar-refractivity contribution in [2.45, 2.75) is 103 Å². The summed E-state index contributed by atoms with van der Waals surface area (Å²) in [5.41, 5.74) is -1.55. The van der Waals surface area contributed by atoms with Crippen LogP contribution in [0.15, 0.2) is 12.2 Å². The molecule has 0 aromatic rings. The van der Waals surface area contributed by atoms with E-state index in [1.165, 1.54) is 64.2 Å². The Morgan fingerprint density at radius 2 is 1.59 bits per heavy atom. The zero-order valence-electron chi connectivity index (χ0n) is 20.3. The Morgan fingerprint density at radius 3 is 2.28 bits per heavy atom. The number of allylic oxidation sites excluding steroid dienone is 1. The van der Waals surface area contributed by atoms with E-state index < -0.39 is 18.2 Å². The second kappa shape index (κ2) is 8.64. The average molecular weight is 451 g/mol. The van der Waals surface area contributed by atoms with Crippen molar-refractivity contribution in [3.8, 4) is 0 Å². The highest BCUT2D eigenvalue weighted by Gasteiger charge is 2.60. The summed E-state index contributed by atoms with van der Waals surface area (Å²) in [4.78, 5) is 0. The Morgan fingerprint density at radius 1 is 0.875 bits per heavy atom. The van der Waals surface area contributed by atoms with Crippen molar-refractivity contribution < 1.29 is 25.5 Å². The summed E-state index contributed by atoms with van der Waals surface area (Å²) >= 11 is 0. The van der Waals surface area contributed by atoms with Crippen molar-refractivity contribution >= 4 is 0 Å². The second-order valence-electron chi connectivity index (χ2n) is 12.5. The van der Waals surface area contributed by atoms with E-state index in [4.69, 9.17) is 0 Å². The monoisotopic (exact) mass is 450 g/mol. The Hall–Kier alpha value is -0.460. The average Bonchev–Trinajstić information content (AvgIpc) is 3.09. The first-order valence-electron chi connectivity index (χ1n) is 13.1. The van der Waals surface area contributed by atoms with Gasteiger partial charge in [-0.2, -0.15) is 0 Å². The molecule has 184 valence electrons. The molecule has 5 N–H and O–H groups in total. The van der Waals surface area contributed by atoms with Gasteiger partial charge in [0.2, 0.25) is 0 Å². The lowest BCUT2D eigenvalue weighted by Gasteiger charge is -2.61. The minimum atomic E-state index is -3.36. The van der Waals surface area contributed by atoms with E-state index in [0.717, 1.165) is 29.7 Å². The van der Waals surface area contributed by atoms with Gasteiger partial charge in [0.05, 0.1) is 6.61 Å². The van der Waals surface area contributed by atoms with Gasteiger partial charge in [-0.25, -0.2) is 0 Å². The van der Waals surface area contributed by atoms with Crippen molar-refractivity contribution in [2.24, 2.45) is 46.3 Å². The molecule has 32 heavy (non-hydrogen) atoms. The molecule has 1 unspecified atom stereocenters. The number of aliphatic hydroxyl groups excluding tert-OH is 1. The Kier molecular flexibility index (Phi) is 6.66. The van der Waals surface area contributed by atoms with Gasteiger partial charge in [0.1, 0.15) is 0 Å². The third-order valence-electron chi connectivity index (χ3n) is 11.1. The lowest BCUT2D eigenvalue weighted by molar-refractivity contribution is -0.382. The summed E-state index contributed by atoms with van der Waals surface area (Å²) in [6.07, 6.45) is 17.3. The lowest BCUT2D eigenvalue weighted by Crippen LogP contribution is -2.55. The standard InChI is InChI=1S/C27H46O5/c1-18(7-6-15-26(29,17-28)27(30,31)32)21-11-12-22-20-10-9-19-8-4-5-14-24(19,2)23(20)13-16-25(21,22)3/h6,15,18-23,28-32H,4-5,7-14,16-17H2,1-3H3/t18-,19+,20+,21-,22+,23+,24+,25-,26?/m1/s1. The molecule has 0 bridgehead atoms. The molecule has 0 amide bonds. The van der Waals surface area contributed by atoms with E-state index in [9.17, 15) is 25.5 Å². The van der Waals surface area contributed by atoms with Crippen LogP contribution in [0.3, 0.4) is 0 Å². The van der Waals surface area contributed by atoms with Gasteiger partial charge < -0.3 is 25.5 Å². The summed E-state index contributed by atoms with van der Waals surface area (Å²) in [5, 5.41) is 47.6. The zero-order chi connectivity index (χ0) is 23.4. The van der Waals surface area contributed by atoms with Gasteiger partial charge in [-0.15, -0.1) is 0 Å². The van der Waals surface area contributed by atoms with E-state index in [0.29, 0.717) is 29.1 Å². The SMILES string of the molecule is C[C@H](CC=CC(O)(CO)C(O)(O)O)[C@H]1CC[C@H]2[C@@H]3CC[C@@H]4CCCC[C@]4(C)[C@H]3CC[C@]12C. The fourth-order valence-electron chi connectivity index (χ4n) is 9.18. The zero-order valence-corrected chi connectivity index (χ0v) is 20.3. The largest absolute Gasteiger partial charge is 0.393 e. The van der Waals surface area contributed by atoms with Crippen LogP contribution < -0.4 is 0 Å². The number of fused-ring (bicyclic) bond motifs is 5. The van der Waals surface area contributed by atoms with Crippen LogP contribution in [0.25, 0.3) is 0 Å². The third-order valence-corrected chi connectivity index (χ3v) is 11.1. The molecular formula is C27H46O5. The maximum atomic E-state index is 10.1. The van der Waals surface area contributed by atoms with Crippen LogP contribution in [0.4, 0.5) is 0 Å². The van der Waals surface area contributed by atoms with Crippen LogP contribution in [0.1, 0.15) is 91.4 Å². The first-order valence-corrected chi connectivity index (χ1v) is 13.1. The molecule has 4 fully saturated rings. The molecule has 4 aliphatic rings. The lowest BCUT2D eigenvalue weighted by atomic mass is 9.44. The van der Waals surface area contributed by atoms with Gasteiger partial charge in [0, 0.05) is 0 Å². The maximum absolute atomic E-state index is 10.1. The van der Waals surface area contributed by atoms with E-state index >= 15 is 0 Å². The number of aliphatic hydroxyl groups is 5. The first kappa shape index (κ1) is 24.7. The molecule has 4 aliphatic carbocycles. The van der Waals surface area contributed by atoms with Crippen molar-refractivity contribution in [3.63, 3.8) is 0 Å². The summed E-state index contributed by atoms with van der Waals surface area (Å²) < 4.78 is 0. The van der Waals surface area contributed by atoms with Crippen LogP contribution in [0, 0.1) is 46.3 Å². The molecule has 4 saturated carbocycles. The molecule has 0 aliphatic heterocycles. The van der Waals surface area contributed by atoms with Gasteiger partial charge >= 0.3 is 5.97 Å². The van der Waals surface area contributed by atoms with Crippen LogP contribution >= 0.6 is 0 Å². The number of rotatable bonds is 6. The van der Waals surface area contributed by atoms with Crippen molar-refractivity contribution in [1.29, 1.82) is 0 Å². The van der Waals surface area contributed by atoms with Crippen LogP contribution in [0.5, 0.6) is 0 Å². The fraction of sp³-hybridized carbons (Fsp3) is 0.926. The fourth-order valence-corrected chi connectivity index (χ4v) is 9.18. The highest BCUT2D eigenvalue weighted by atomic mass is 16.7. The maximum Gasteiger partial charge on any atom is 0.312 e. The number of hydrogen-bond acceptors (Lipinski definition) is 5. The normalized spacial score (nSPS) is 45.1. The van der Waals surface area contributed by atoms with Gasteiger partial charge in [-0.3, -0.25) is 0 Å². The Labute approximate surface area is 193 Å². The molecule has 5 heteroatoms. The summed E-state index contributed by atoms with van der Waals surface area (Å²) in [6, 6.07) is 0. The molecule has 0 saturated heterocycles. The van der Waals surface area contributed by atoms with Crippen molar-refractivity contribution in [3.05, 3.63) is 12.2 Å². The molecule has 5 nitrogen and oxygen atoms in total. The van der Waals surface area contributed by atoms with E-state index in [-0.39, 0.29) is 0 Å². The van der Waals surface area contributed by atoms with Crippen molar-refractivity contribution in [1.82, 2.24) is 0 Å². The number of hydrogen-bond donors (Lipinski definition) is 5. The Balaban J connectivity index is 1.45. The third kappa shape index (κ3) is 3.90. The molecule has 0 aromatic carbocycles. The first-order chi connectivity index (χ1) is 15.0. The summed E-state index contributed by atoms with van der Waals surface area (Å²) in [7, 11) is 0. The van der Waals surface area contributed by atoms with Gasteiger partial charge in [-0.05, 0) is 110 Å². The van der Waals surface area contributed by atoms with Gasteiger partial charge in [0.25, 0.3) is 0 Å². The van der Waals surface area contributed by atoms with Crippen molar-refractivity contribution in [2.75, 3.05) is 6.61 Å². The second-order valence-corrected chi connectivity index (χ2v) is 12.5. The molecule has 0 heterocycles. The van der Waals surface area contributed by atoms with E-state index in [1.54, 1.807) is 6.08 Å². The molecule has 9 atom stereocenters. The van der Waals surface area contributed by atoms with Gasteiger partial charge in [0.15, 0.2) is 5.60 Å². The van der Waals surface area contributed by atoms with Crippen LogP contribution in [-0.4, -0.2) is 43.7 Å². The summed E-state index contributed by atoms with van der Waals surface area (Å²) in [6.45, 7) is 6.46. The molecule has 0 spiro atoms. The smallest absolute Gasteiger partial charge is 0.312 e. The molecular weight excluding hydrogens is 404 g/mol. The summed E-state index contributed by atoms with van der Waals surface area (Å²) in [5.74, 6) is 1.18. The van der Waals surface area contributed by atoms with Crippen LogP contribution in [0.2, 0.25) is 0 Å². The van der Waals surface area contributed by atoms with Crippen LogP contribution in [-0.2, 0) is 0 Å². The predicted octanol–water partition coefficient (Wildman–Crippen LogP) is 3.97. The topological polar surface area (TPSA) is 101 Å². The molecule has 0 radical (unpaired) electrons. The van der Waals surface area contributed by atoms with E-state index in [2.05, 4.69) is 20.8 Å². The Bertz CT molecular complexity index is 701.